The van der Waals surface area contributed by atoms with Crippen LogP contribution in [0.4, 0.5) is 5.69 Å². The summed E-state index contributed by atoms with van der Waals surface area (Å²) in [6, 6.07) is 12.7. The average molecular weight is 377 g/mol. The predicted molar refractivity (Wildman–Crippen MR) is 103 cm³/mol. The van der Waals surface area contributed by atoms with Crippen LogP contribution in [0.25, 0.3) is 10.9 Å². The Kier molecular flexibility index (Phi) is 4.02. The van der Waals surface area contributed by atoms with Crippen molar-refractivity contribution in [2.75, 3.05) is 18.2 Å². The summed E-state index contributed by atoms with van der Waals surface area (Å²) in [5, 5.41) is 4.42. The Balaban J connectivity index is 1.26. The first-order valence-corrected chi connectivity index (χ1v) is 9.25. The fourth-order valence-electron chi connectivity index (χ4n) is 3.81. The van der Waals surface area contributed by atoms with Crippen molar-refractivity contribution in [1.29, 1.82) is 0 Å². The quantitative estimate of drug-likeness (QED) is 0.667. The van der Waals surface area contributed by atoms with Crippen molar-refractivity contribution in [3.63, 3.8) is 0 Å². The average Bonchev–Trinajstić information content (AvgIpc) is 3.40. The first-order chi connectivity index (χ1) is 13.7. The second kappa shape index (κ2) is 6.69. The summed E-state index contributed by atoms with van der Waals surface area (Å²) in [6.07, 6.45) is 2.92. The van der Waals surface area contributed by atoms with Gasteiger partial charge in [0.15, 0.2) is 11.5 Å². The molecule has 0 spiro atoms. The van der Waals surface area contributed by atoms with Crippen molar-refractivity contribution in [2.24, 2.45) is 0 Å². The zero-order valence-electron chi connectivity index (χ0n) is 15.1. The number of anilines is 1. The third kappa shape index (κ3) is 2.80. The van der Waals surface area contributed by atoms with E-state index in [2.05, 4.69) is 16.4 Å². The van der Waals surface area contributed by atoms with Crippen LogP contribution in [0.2, 0.25) is 0 Å². The summed E-state index contributed by atoms with van der Waals surface area (Å²) in [7, 11) is 0. The Bertz CT molecular complexity index is 1070. The number of hydrogen-bond donors (Lipinski definition) is 2. The minimum Gasteiger partial charge on any atom is -0.454 e. The lowest BCUT2D eigenvalue weighted by Gasteiger charge is -2.16. The molecule has 1 aromatic heterocycles. The molecule has 7 nitrogen and oxygen atoms in total. The van der Waals surface area contributed by atoms with Crippen LogP contribution in [0.1, 0.15) is 12.0 Å². The molecule has 2 aliphatic rings. The molecule has 7 heteroatoms. The van der Waals surface area contributed by atoms with Crippen LogP contribution in [-0.4, -0.2) is 36.2 Å². The molecule has 28 heavy (non-hydrogen) atoms. The van der Waals surface area contributed by atoms with Gasteiger partial charge in [0.1, 0.15) is 0 Å². The van der Waals surface area contributed by atoms with Gasteiger partial charge in [-0.25, -0.2) is 4.90 Å². The lowest BCUT2D eigenvalue weighted by atomic mass is 10.1. The highest BCUT2D eigenvalue weighted by Gasteiger charge is 2.39. The molecule has 2 aliphatic heterocycles. The molecule has 2 amide bonds. The fraction of sp³-hybridized carbons (Fsp3) is 0.238. The van der Waals surface area contributed by atoms with Crippen LogP contribution in [0, 0.1) is 0 Å². The molecule has 1 saturated heterocycles. The van der Waals surface area contributed by atoms with Gasteiger partial charge in [-0.05, 0) is 30.2 Å². The second-order valence-corrected chi connectivity index (χ2v) is 6.93. The van der Waals surface area contributed by atoms with E-state index in [0.717, 1.165) is 11.9 Å². The van der Waals surface area contributed by atoms with Gasteiger partial charge in [-0.3, -0.25) is 9.59 Å². The summed E-state index contributed by atoms with van der Waals surface area (Å²) >= 11 is 0. The zero-order chi connectivity index (χ0) is 19.1. The Morgan fingerprint density at radius 3 is 2.89 bits per heavy atom. The molecule has 2 aromatic carbocycles. The van der Waals surface area contributed by atoms with Crippen molar-refractivity contribution in [3.05, 3.63) is 54.2 Å². The van der Waals surface area contributed by atoms with Crippen molar-refractivity contribution < 1.29 is 19.1 Å². The number of aromatic nitrogens is 1. The molecular formula is C21H19N3O4. The lowest BCUT2D eigenvalue weighted by molar-refractivity contribution is -0.121. The minimum absolute atomic E-state index is 0.151. The number of carbonyl (C=O) groups is 2. The van der Waals surface area contributed by atoms with Crippen LogP contribution in [0.3, 0.4) is 0 Å². The summed E-state index contributed by atoms with van der Waals surface area (Å²) < 4.78 is 10.6. The SMILES string of the molecule is O=C1C[C@@H](NCCc2c[nH]c3ccccc23)C(=O)N1c1ccc2c(c1)OCO2. The summed E-state index contributed by atoms with van der Waals surface area (Å²) in [5.74, 6) is 0.723. The molecule has 3 aromatic rings. The van der Waals surface area contributed by atoms with Crippen LogP contribution in [-0.2, 0) is 16.0 Å². The number of benzene rings is 2. The van der Waals surface area contributed by atoms with Crippen LogP contribution < -0.4 is 19.7 Å². The molecule has 0 aliphatic carbocycles. The topological polar surface area (TPSA) is 83.7 Å². The summed E-state index contributed by atoms with van der Waals surface area (Å²) in [6.45, 7) is 0.763. The van der Waals surface area contributed by atoms with Crippen molar-refractivity contribution in [3.8, 4) is 11.5 Å². The smallest absolute Gasteiger partial charge is 0.251 e. The number of H-pyrrole nitrogens is 1. The Morgan fingerprint density at radius 2 is 1.96 bits per heavy atom. The van der Waals surface area contributed by atoms with Gasteiger partial charge in [0.2, 0.25) is 12.7 Å². The van der Waals surface area contributed by atoms with E-state index in [-0.39, 0.29) is 25.0 Å². The highest BCUT2D eigenvalue weighted by Crippen LogP contribution is 2.36. The summed E-state index contributed by atoms with van der Waals surface area (Å²) in [4.78, 5) is 29.7. The lowest BCUT2D eigenvalue weighted by Crippen LogP contribution is -2.39. The van der Waals surface area contributed by atoms with Gasteiger partial charge in [0, 0.05) is 29.7 Å². The maximum atomic E-state index is 12.8. The molecule has 0 saturated carbocycles. The normalized spacial score (nSPS) is 18.4. The van der Waals surface area contributed by atoms with Gasteiger partial charge < -0.3 is 19.8 Å². The highest BCUT2D eigenvalue weighted by molar-refractivity contribution is 6.22. The molecule has 142 valence electrons. The van der Waals surface area contributed by atoms with Crippen LogP contribution in [0.5, 0.6) is 11.5 Å². The van der Waals surface area contributed by atoms with Gasteiger partial charge in [0.25, 0.3) is 5.91 Å². The number of nitrogens with one attached hydrogen (secondary N) is 2. The highest BCUT2D eigenvalue weighted by atomic mass is 16.7. The number of ether oxygens (including phenoxy) is 2. The van der Waals surface area contributed by atoms with Crippen LogP contribution in [0.15, 0.2) is 48.7 Å². The van der Waals surface area contributed by atoms with Gasteiger partial charge >= 0.3 is 0 Å². The number of hydrogen-bond acceptors (Lipinski definition) is 5. The first kappa shape index (κ1) is 16.8. The first-order valence-electron chi connectivity index (χ1n) is 9.25. The van der Waals surface area contributed by atoms with Gasteiger partial charge in [0.05, 0.1) is 18.2 Å². The maximum absolute atomic E-state index is 12.8. The third-order valence-electron chi connectivity index (χ3n) is 5.22. The second-order valence-electron chi connectivity index (χ2n) is 6.93. The van der Waals surface area contributed by atoms with Crippen LogP contribution >= 0.6 is 0 Å². The molecular weight excluding hydrogens is 358 g/mol. The number of carbonyl (C=O) groups excluding carboxylic acids is 2. The standard InChI is InChI=1S/C21H19N3O4/c25-20-10-17(22-8-7-13-11-23-16-4-2-1-3-15(13)16)21(26)24(20)14-5-6-18-19(9-14)28-12-27-18/h1-6,9,11,17,22-23H,7-8,10,12H2/t17-/m1/s1. The number of aromatic amines is 1. The Labute approximate surface area is 161 Å². The van der Waals surface area contributed by atoms with E-state index in [9.17, 15) is 9.59 Å². The molecule has 5 rings (SSSR count). The van der Waals surface area contributed by atoms with E-state index in [4.69, 9.17) is 9.47 Å². The largest absolute Gasteiger partial charge is 0.454 e. The van der Waals surface area contributed by atoms with Crippen molar-refractivity contribution >= 4 is 28.4 Å². The molecule has 0 unspecified atom stereocenters. The Hall–Kier alpha value is -3.32. The summed E-state index contributed by atoms with van der Waals surface area (Å²) in [5.41, 5.74) is 2.80. The van der Waals surface area contributed by atoms with Gasteiger partial charge in [-0.2, -0.15) is 0 Å². The fourth-order valence-corrected chi connectivity index (χ4v) is 3.81. The van der Waals surface area contributed by atoms with E-state index in [1.807, 2.05) is 24.4 Å². The number of imide groups is 1. The number of amides is 2. The van der Waals surface area contributed by atoms with Gasteiger partial charge in [-0.15, -0.1) is 0 Å². The number of rotatable bonds is 5. The minimum atomic E-state index is -0.511. The number of nitrogens with zero attached hydrogens (tertiary/aromatic N) is 1. The predicted octanol–water partition coefficient (Wildman–Crippen LogP) is 2.36. The monoisotopic (exact) mass is 377 g/mol. The third-order valence-corrected chi connectivity index (χ3v) is 5.22. The maximum Gasteiger partial charge on any atom is 0.251 e. The number of fused-ring (bicyclic) bond motifs is 2. The molecule has 0 bridgehead atoms. The molecule has 1 fully saturated rings. The van der Waals surface area contributed by atoms with Crippen molar-refractivity contribution in [1.82, 2.24) is 10.3 Å². The van der Waals surface area contributed by atoms with E-state index in [0.29, 0.717) is 23.7 Å². The van der Waals surface area contributed by atoms with E-state index in [1.54, 1.807) is 18.2 Å². The molecule has 3 heterocycles. The zero-order valence-corrected chi connectivity index (χ0v) is 15.1. The molecule has 1 atom stereocenters. The van der Waals surface area contributed by atoms with Crippen molar-refractivity contribution in [2.45, 2.75) is 18.9 Å². The van der Waals surface area contributed by atoms with E-state index < -0.39 is 6.04 Å². The van der Waals surface area contributed by atoms with E-state index >= 15 is 0 Å². The molecule has 0 radical (unpaired) electrons. The van der Waals surface area contributed by atoms with Gasteiger partial charge in [-0.1, -0.05) is 18.2 Å². The number of para-hydroxylation sites is 1. The Morgan fingerprint density at radius 1 is 1.11 bits per heavy atom. The molecule has 2 N–H and O–H groups in total. The van der Waals surface area contributed by atoms with E-state index in [1.165, 1.54) is 15.8 Å².